The average Bonchev–Trinajstić information content (AvgIpc) is 1.66. The second-order valence-electron chi connectivity index (χ2n) is 30.4. The van der Waals surface area contributed by atoms with Crippen LogP contribution in [0.25, 0.3) is 54.5 Å². The van der Waals surface area contributed by atoms with E-state index in [4.69, 9.17) is 8.83 Å². The van der Waals surface area contributed by atoms with E-state index in [0.717, 1.165) is 229 Å². The van der Waals surface area contributed by atoms with Crippen molar-refractivity contribution in [3.8, 4) is 0 Å². The van der Waals surface area contributed by atoms with E-state index in [1.807, 2.05) is 110 Å². The maximum atomic E-state index is 5.58. The van der Waals surface area contributed by atoms with Gasteiger partial charge in [0.2, 0.25) is 11.8 Å². The first-order valence-electron chi connectivity index (χ1n) is 40.7. The molecule has 0 amide bonds. The van der Waals surface area contributed by atoms with Crippen molar-refractivity contribution in [2.24, 2.45) is 25.0 Å². The molecule has 123 heavy (non-hydrogen) atoms. The Bertz CT molecular complexity index is 6910. The van der Waals surface area contributed by atoms with Gasteiger partial charge >= 0.3 is 0 Å². The van der Waals surface area contributed by atoms with E-state index < -0.39 is 0 Å². The third kappa shape index (κ3) is 16.6. The lowest BCUT2D eigenvalue weighted by Gasteiger charge is -2.07. The van der Waals surface area contributed by atoms with Gasteiger partial charge in [-0.2, -0.15) is 25.5 Å². The summed E-state index contributed by atoms with van der Waals surface area (Å²) in [4.78, 5) is 57.5. The molecule has 17 aromatic rings. The zero-order chi connectivity index (χ0) is 84.4. The second kappa shape index (κ2) is 34.1. The first-order chi connectivity index (χ1) is 60.0. The van der Waals surface area contributed by atoms with Gasteiger partial charge in [-0.15, -0.1) is 10.2 Å². The number of hydrogen-bond donors (Lipinski definition) is 5. The molecule has 5 aliphatic rings. The fraction of sp³-hybridized carbons (Fsp3) is 0.231. The molecule has 5 aromatic carbocycles. The van der Waals surface area contributed by atoms with Crippen LogP contribution in [0, 0.1) is 48.5 Å². The number of rotatable bonds is 14. The minimum atomic E-state index is 0.446. The van der Waals surface area contributed by atoms with Gasteiger partial charge in [0, 0.05) is 136 Å². The summed E-state index contributed by atoms with van der Waals surface area (Å²) in [6.45, 7) is 30.8. The number of aromatic nitrogens is 20. The van der Waals surface area contributed by atoms with E-state index in [1.165, 1.54) is 10.9 Å². The van der Waals surface area contributed by atoms with E-state index in [2.05, 4.69) is 231 Å². The third-order valence-electron chi connectivity index (χ3n) is 21.3. The van der Waals surface area contributed by atoms with E-state index in [9.17, 15) is 0 Å². The summed E-state index contributed by atoms with van der Waals surface area (Å²) in [6, 6.07) is 41.2. The predicted molar refractivity (Wildman–Crippen MR) is 478 cm³/mol. The molecule has 0 atom stereocenters. The highest BCUT2D eigenvalue weighted by Crippen LogP contribution is 2.32. The molecule has 0 aliphatic carbocycles. The molecule has 5 N–H and O–H groups in total. The summed E-state index contributed by atoms with van der Waals surface area (Å²) < 4.78 is 21.0. The molecule has 17 heterocycles. The van der Waals surface area contributed by atoms with Crippen molar-refractivity contribution in [3.05, 3.63) is 298 Å². The van der Waals surface area contributed by atoms with Crippen molar-refractivity contribution < 1.29 is 8.83 Å². The van der Waals surface area contributed by atoms with Crippen LogP contribution in [-0.2, 0) is 65.4 Å². The average molecular weight is 1630 g/mol. The largest absolute Gasteiger partial charge is 0.467 e. The van der Waals surface area contributed by atoms with Gasteiger partial charge in [0.15, 0.2) is 29.2 Å². The Morgan fingerprint density at radius 2 is 0.740 bits per heavy atom. The summed E-state index contributed by atoms with van der Waals surface area (Å²) in [5.41, 5.74) is 27.0. The Morgan fingerprint density at radius 3 is 1.13 bits per heavy atom. The van der Waals surface area contributed by atoms with Crippen molar-refractivity contribution in [3.63, 3.8) is 0 Å². The van der Waals surface area contributed by atoms with Gasteiger partial charge in [0.1, 0.15) is 40.8 Å². The van der Waals surface area contributed by atoms with Crippen LogP contribution in [0.2, 0.25) is 0 Å². The number of benzene rings is 5. The molecule has 0 saturated heterocycles. The molecule has 22 rings (SSSR count). The number of pyridine rings is 2. The lowest BCUT2D eigenvalue weighted by molar-refractivity contribution is 0.447. The highest BCUT2D eigenvalue weighted by atomic mass is 16.4. The lowest BCUT2D eigenvalue weighted by atomic mass is 10.2. The van der Waals surface area contributed by atoms with Gasteiger partial charge in [-0.05, 0) is 177 Å². The molecule has 0 spiro atoms. The molecule has 12 aromatic heterocycles. The molecule has 5 aliphatic heterocycles. The Hall–Kier alpha value is -15.5. The molecule has 32 heteroatoms. The van der Waals surface area contributed by atoms with E-state index in [-0.39, 0.29) is 0 Å². The standard InChI is InChI=1S/C21H19N5O.C19H17N7O.C18H18N6.C17H18N6.C16H16N6/c1-13-8-17(27-12-13)11-26-19-6-5-16(9-18(19)14(2)25-26)24-21-20-15(10-23-21)4-3-7-22-20;1-11-15-8-14(22-19-18-13(9-21-19)4-3-7-20-18)5-6-16(15)26(25-11)10-17-24-23-12(2)27-17;1-11(2)10-24-16-5-4-13(8-14(16)12(3)23-24)22-18-17-15(9-21-18)19-6-7-20-17;1-3-8-23-15-5-4-12(9-13(15)11(2)22-23)21-17-16-14(10-20-17)18-6-7-19-16;1-3-22-14-5-4-11(8-12(14)10(2)21-22)20-16-15-13(9-19-16)17-6-7-18-15/h3-9,12H,10-11H2,1-2H3,(H,23,24);3-8H,9-10H2,1-2H3,(H,21,22);4-8H,1,9-10H2,2-3H3,(H,21,22);4-7,9H,3,8,10H2,1-2H3,(H,20,21);4-8H,3,9H2,1-2H3,(H,19,20). The normalized spacial score (nSPS) is 13.1. The van der Waals surface area contributed by atoms with Crippen molar-refractivity contribution >= 4 is 112 Å². The molecule has 614 valence electrons. The van der Waals surface area contributed by atoms with Crippen LogP contribution >= 0.6 is 0 Å². The molecule has 0 saturated carbocycles. The second-order valence-corrected chi connectivity index (χ2v) is 30.4. The molecule has 0 radical (unpaired) electrons. The molecular formula is C91H88N30O2. The number of anilines is 5. The monoisotopic (exact) mass is 1630 g/mol. The predicted octanol–water partition coefficient (Wildman–Crippen LogP) is 15.4. The Balaban J connectivity index is 0.000000105. The molecule has 32 nitrogen and oxygen atoms in total. The SMILES string of the molecule is C=C(C)Cn1nc(C)c2cc(NC3=NCc4nccnc43)ccc21.CCCn1nc(C)c2cc(NC3=NCc4nccnc43)ccc21.CCn1nc(C)c2cc(NC3=NCc4nccnc43)ccc21.Cc1coc(Cn2nc(C)c3cc(NC4=NCc5cccnc54)ccc32)c1.Cc1nnc(Cn2nc(C)c3cc(NC4=NCc5cccnc54)ccc32)o1. The van der Waals surface area contributed by atoms with Gasteiger partial charge in [0.25, 0.3) is 0 Å². The smallest absolute Gasteiger partial charge is 0.237 e. The zero-order valence-electron chi connectivity index (χ0n) is 69.7. The summed E-state index contributed by atoms with van der Waals surface area (Å²) in [5, 5.41) is 53.5. The maximum absolute atomic E-state index is 5.58. The first kappa shape index (κ1) is 78.7. The molecule has 0 bridgehead atoms. The van der Waals surface area contributed by atoms with Crippen molar-refractivity contribution in [2.45, 2.75) is 141 Å². The van der Waals surface area contributed by atoms with Gasteiger partial charge in [0.05, 0.1) is 125 Å². The number of nitrogens with one attached hydrogen (secondary N) is 5. The Morgan fingerprint density at radius 1 is 0.382 bits per heavy atom. The van der Waals surface area contributed by atoms with Crippen LogP contribution in [0.15, 0.2) is 223 Å². The van der Waals surface area contributed by atoms with Crippen LogP contribution in [0.4, 0.5) is 28.4 Å². The van der Waals surface area contributed by atoms with Crippen LogP contribution in [-0.4, -0.2) is 128 Å². The zero-order valence-corrected chi connectivity index (χ0v) is 69.7. The number of nitrogens with zero attached hydrogens (tertiary/aromatic N) is 25. The molecule has 0 unspecified atom stereocenters. The van der Waals surface area contributed by atoms with Gasteiger partial charge < -0.3 is 35.4 Å². The van der Waals surface area contributed by atoms with E-state index in [1.54, 1.807) is 62.8 Å². The van der Waals surface area contributed by atoms with E-state index >= 15 is 0 Å². The van der Waals surface area contributed by atoms with Crippen LogP contribution in [0.1, 0.15) is 135 Å². The third-order valence-corrected chi connectivity index (χ3v) is 21.3. The van der Waals surface area contributed by atoms with Crippen LogP contribution in [0.3, 0.4) is 0 Å². The number of amidine groups is 5. The summed E-state index contributed by atoms with van der Waals surface area (Å²) in [5.74, 6) is 5.95. The van der Waals surface area contributed by atoms with Gasteiger partial charge in [-0.3, -0.25) is 73.3 Å². The van der Waals surface area contributed by atoms with Gasteiger partial charge in [-0.1, -0.05) is 31.2 Å². The Labute approximate surface area is 706 Å². The van der Waals surface area contributed by atoms with E-state index in [0.29, 0.717) is 57.6 Å². The maximum Gasteiger partial charge on any atom is 0.237 e. The number of hydrogen-bond acceptors (Lipinski definition) is 27. The van der Waals surface area contributed by atoms with Crippen molar-refractivity contribution in [2.75, 3.05) is 26.6 Å². The highest BCUT2D eigenvalue weighted by Gasteiger charge is 2.25. The summed E-state index contributed by atoms with van der Waals surface area (Å²) >= 11 is 0. The lowest BCUT2D eigenvalue weighted by Crippen LogP contribution is -2.13. The number of aryl methyl sites for hydroxylation is 9. The number of fused-ring (bicyclic) bond motifs is 10. The fourth-order valence-corrected chi connectivity index (χ4v) is 15.5. The summed E-state index contributed by atoms with van der Waals surface area (Å²) in [6.07, 6.45) is 16.6. The molecule has 0 fully saturated rings. The van der Waals surface area contributed by atoms with Crippen molar-refractivity contribution in [1.29, 1.82) is 0 Å². The number of furan rings is 1. The highest BCUT2D eigenvalue weighted by molar-refractivity contribution is 6.13. The topological polar surface area (TPSA) is 366 Å². The minimum absolute atomic E-state index is 0.446. The van der Waals surface area contributed by atoms with Gasteiger partial charge in [-0.25, -0.2) is 15.0 Å². The van der Waals surface area contributed by atoms with Crippen LogP contribution in [0.5, 0.6) is 0 Å². The van der Waals surface area contributed by atoms with Crippen LogP contribution < -0.4 is 26.6 Å². The molecular weight excluding hydrogens is 1550 g/mol. The quantitative estimate of drug-likeness (QED) is 0.0631. The first-order valence-corrected chi connectivity index (χ1v) is 40.7. The number of allylic oxidation sites excluding steroid dienone is 1. The fourth-order valence-electron chi connectivity index (χ4n) is 15.5. The number of aliphatic imine (C=N–C) groups is 5. The van der Waals surface area contributed by atoms with Crippen molar-refractivity contribution in [1.82, 2.24) is 99.0 Å². The minimum Gasteiger partial charge on any atom is -0.467 e. The Kier molecular flexibility index (Phi) is 21.8. The summed E-state index contributed by atoms with van der Waals surface area (Å²) in [7, 11) is 0.